The van der Waals surface area contributed by atoms with Crippen molar-refractivity contribution in [2.75, 3.05) is 6.54 Å². The predicted molar refractivity (Wildman–Crippen MR) is 65.6 cm³/mol. The minimum atomic E-state index is -0.262. The van der Waals surface area contributed by atoms with Crippen molar-refractivity contribution in [3.8, 4) is 0 Å². The number of aromatic nitrogens is 4. The third kappa shape index (κ3) is 3.84. The predicted octanol–water partition coefficient (Wildman–Crippen LogP) is 0.251. The summed E-state index contributed by atoms with van der Waals surface area (Å²) in [5.41, 5.74) is 0.974. The maximum atomic E-state index is 12.7. The normalized spacial score (nSPS) is 10.4. The Bertz CT molecular complexity index is 552. The number of amides is 1. The lowest BCUT2D eigenvalue weighted by Gasteiger charge is -2.04. The molecule has 0 saturated heterocycles. The Morgan fingerprint density at radius 2 is 2.11 bits per heavy atom. The van der Waals surface area contributed by atoms with Crippen LogP contribution in [0, 0.1) is 5.82 Å². The van der Waals surface area contributed by atoms with Crippen molar-refractivity contribution in [3.05, 3.63) is 41.5 Å². The SMILES string of the molecule is Cn1nnnc1CC(=O)NCCc1ccc(F)cc1. The Morgan fingerprint density at radius 3 is 2.74 bits per heavy atom. The summed E-state index contributed by atoms with van der Waals surface area (Å²) >= 11 is 0. The number of tetrazole rings is 1. The molecule has 0 spiro atoms. The van der Waals surface area contributed by atoms with Gasteiger partial charge < -0.3 is 5.32 Å². The summed E-state index contributed by atoms with van der Waals surface area (Å²) in [4.78, 5) is 11.6. The van der Waals surface area contributed by atoms with E-state index in [1.165, 1.54) is 16.8 Å². The van der Waals surface area contributed by atoms with Crippen molar-refractivity contribution in [1.82, 2.24) is 25.5 Å². The van der Waals surface area contributed by atoms with E-state index in [9.17, 15) is 9.18 Å². The van der Waals surface area contributed by atoms with Crippen LogP contribution >= 0.6 is 0 Å². The minimum Gasteiger partial charge on any atom is -0.355 e. The van der Waals surface area contributed by atoms with Gasteiger partial charge in [-0.2, -0.15) is 0 Å². The second kappa shape index (κ2) is 6.03. The molecular weight excluding hydrogens is 249 g/mol. The summed E-state index contributed by atoms with van der Waals surface area (Å²) in [6.07, 6.45) is 0.802. The topological polar surface area (TPSA) is 72.7 Å². The maximum absolute atomic E-state index is 12.7. The summed E-state index contributed by atoms with van der Waals surface area (Å²) in [7, 11) is 1.68. The summed E-state index contributed by atoms with van der Waals surface area (Å²) in [5, 5.41) is 13.6. The molecule has 19 heavy (non-hydrogen) atoms. The number of halogens is 1. The number of benzene rings is 1. The van der Waals surface area contributed by atoms with Crippen LogP contribution in [-0.4, -0.2) is 32.7 Å². The van der Waals surface area contributed by atoms with Crippen molar-refractivity contribution >= 4 is 5.91 Å². The molecule has 0 aliphatic heterocycles. The smallest absolute Gasteiger partial charge is 0.227 e. The average molecular weight is 263 g/mol. The van der Waals surface area contributed by atoms with Crippen molar-refractivity contribution < 1.29 is 9.18 Å². The van der Waals surface area contributed by atoms with Gasteiger partial charge in [-0.3, -0.25) is 4.79 Å². The molecule has 1 amide bonds. The van der Waals surface area contributed by atoms with Crippen molar-refractivity contribution in [3.63, 3.8) is 0 Å². The van der Waals surface area contributed by atoms with Gasteiger partial charge in [0, 0.05) is 13.6 Å². The van der Waals surface area contributed by atoms with Gasteiger partial charge in [-0.1, -0.05) is 12.1 Å². The monoisotopic (exact) mass is 263 g/mol. The molecule has 2 aromatic rings. The van der Waals surface area contributed by atoms with Crippen molar-refractivity contribution in [2.45, 2.75) is 12.8 Å². The van der Waals surface area contributed by atoms with Crippen LogP contribution in [0.1, 0.15) is 11.4 Å². The van der Waals surface area contributed by atoms with Crippen molar-refractivity contribution in [1.29, 1.82) is 0 Å². The van der Waals surface area contributed by atoms with Crippen LogP contribution in [0.15, 0.2) is 24.3 Å². The van der Waals surface area contributed by atoms with Crippen LogP contribution < -0.4 is 5.32 Å². The lowest BCUT2D eigenvalue weighted by Crippen LogP contribution is -2.28. The second-order valence-corrected chi connectivity index (χ2v) is 4.12. The van der Waals surface area contributed by atoms with E-state index in [0.29, 0.717) is 18.8 Å². The van der Waals surface area contributed by atoms with Gasteiger partial charge in [0.15, 0.2) is 5.82 Å². The quantitative estimate of drug-likeness (QED) is 0.839. The number of aryl methyl sites for hydroxylation is 1. The van der Waals surface area contributed by atoms with Gasteiger partial charge in [0.1, 0.15) is 5.82 Å². The molecule has 6 nitrogen and oxygen atoms in total. The zero-order valence-electron chi connectivity index (χ0n) is 10.5. The molecule has 0 fully saturated rings. The van der Waals surface area contributed by atoms with E-state index in [4.69, 9.17) is 0 Å². The van der Waals surface area contributed by atoms with Crippen LogP contribution in [0.25, 0.3) is 0 Å². The van der Waals surface area contributed by atoms with E-state index >= 15 is 0 Å². The summed E-state index contributed by atoms with van der Waals surface area (Å²) in [6.45, 7) is 0.496. The molecule has 2 rings (SSSR count). The van der Waals surface area contributed by atoms with Gasteiger partial charge in [0.05, 0.1) is 6.42 Å². The van der Waals surface area contributed by atoms with E-state index in [2.05, 4.69) is 20.8 Å². The molecule has 1 N–H and O–H groups in total. The average Bonchev–Trinajstić information content (AvgIpc) is 2.78. The van der Waals surface area contributed by atoms with Crippen LogP contribution in [-0.2, 0) is 24.7 Å². The molecule has 7 heteroatoms. The number of carbonyl (C=O) groups excluding carboxylic acids is 1. The van der Waals surface area contributed by atoms with E-state index in [0.717, 1.165) is 5.56 Å². The third-order valence-electron chi connectivity index (χ3n) is 2.68. The first kappa shape index (κ1) is 13.1. The Labute approximate surface area is 109 Å². The highest BCUT2D eigenvalue weighted by atomic mass is 19.1. The summed E-state index contributed by atoms with van der Waals surface area (Å²) in [5.74, 6) is 0.113. The van der Waals surface area contributed by atoms with Gasteiger partial charge in [-0.15, -0.1) is 5.10 Å². The van der Waals surface area contributed by atoms with Gasteiger partial charge in [0.2, 0.25) is 5.91 Å². The van der Waals surface area contributed by atoms with Crippen LogP contribution in [0.4, 0.5) is 4.39 Å². The fourth-order valence-electron chi connectivity index (χ4n) is 1.60. The number of carbonyl (C=O) groups is 1. The molecule has 1 aromatic carbocycles. The molecule has 100 valence electrons. The number of nitrogens with one attached hydrogen (secondary N) is 1. The van der Waals surface area contributed by atoms with E-state index < -0.39 is 0 Å². The molecule has 0 aliphatic carbocycles. The minimum absolute atomic E-state index is 0.139. The van der Waals surface area contributed by atoms with E-state index in [1.54, 1.807) is 19.2 Å². The third-order valence-corrected chi connectivity index (χ3v) is 2.68. The molecule has 0 saturated carbocycles. The standard InChI is InChI=1S/C12H14FN5O/c1-18-11(15-16-17-18)8-12(19)14-7-6-9-2-4-10(13)5-3-9/h2-5H,6-8H2,1H3,(H,14,19). The first-order valence-corrected chi connectivity index (χ1v) is 5.87. The highest BCUT2D eigenvalue weighted by Gasteiger charge is 2.08. The lowest BCUT2D eigenvalue weighted by atomic mass is 10.1. The molecule has 0 unspecified atom stereocenters. The molecule has 0 atom stereocenters. The van der Waals surface area contributed by atoms with Crippen molar-refractivity contribution in [2.24, 2.45) is 7.05 Å². The summed E-state index contributed by atoms with van der Waals surface area (Å²) < 4.78 is 14.2. The highest BCUT2D eigenvalue weighted by Crippen LogP contribution is 2.02. The molecular formula is C12H14FN5O. The first-order valence-electron chi connectivity index (χ1n) is 5.87. The van der Waals surface area contributed by atoms with Gasteiger partial charge in [-0.25, -0.2) is 9.07 Å². The first-order chi connectivity index (χ1) is 9.15. The van der Waals surface area contributed by atoms with E-state index in [1.807, 2.05) is 0 Å². The molecule has 0 bridgehead atoms. The molecule has 0 aliphatic rings. The Morgan fingerprint density at radius 1 is 1.37 bits per heavy atom. The zero-order valence-corrected chi connectivity index (χ0v) is 10.5. The molecule has 1 aromatic heterocycles. The number of rotatable bonds is 5. The van der Waals surface area contributed by atoms with Crippen LogP contribution in [0.3, 0.4) is 0 Å². The van der Waals surface area contributed by atoms with Gasteiger partial charge in [0.25, 0.3) is 0 Å². The fourth-order valence-corrected chi connectivity index (χ4v) is 1.60. The lowest BCUT2D eigenvalue weighted by molar-refractivity contribution is -0.120. The van der Waals surface area contributed by atoms with Crippen LogP contribution in [0.5, 0.6) is 0 Å². The maximum Gasteiger partial charge on any atom is 0.227 e. The fraction of sp³-hybridized carbons (Fsp3) is 0.333. The number of nitrogens with zero attached hydrogens (tertiary/aromatic N) is 4. The molecule has 1 heterocycles. The van der Waals surface area contributed by atoms with Gasteiger partial charge >= 0.3 is 0 Å². The number of hydrogen-bond acceptors (Lipinski definition) is 4. The highest BCUT2D eigenvalue weighted by molar-refractivity contribution is 5.77. The Balaban J connectivity index is 1.75. The van der Waals surface area contributed by atoms with Gasteiger partial charge in [-0.05, 0) is 34.5 Å². The molecule has 0 radical (unpaired) electrons. The zero-order chi connectivity index (χ0) is 13.7. The largest absolute Gasteiger partial charge is 0.355 e. The Hall–Kier alpha value is -2.31. The van der Waals surface area contributed by atoms with Crippen LogP contribution in [0.2, 0.25) is 0 Å². The second-order valence-electron chi connectivity index (χ2n) is 4.12. The summed E-state index contributed by atoms with van der Waals surface area (Å²) in [6, 6.07) is 6.22. The number of hydrogen-bond donors (Lipinski definition) is 1. The Kier molecular flexibility index (Phi) is 4.17. The van der Waals surface area contributed by atoms with E-state index in [-0.39, 0.29) is 18.1 Å².